The van der Waals surface area contributed by atoms with Crippen LogP contribution in [0.1, 0.15) is 58.9 Å². The second-order valence-corrected chi connectivity index (χ2v) is 7.27. The number of nitrogens with one attached hydrogen (secondary N) is 1. The van der Waals surface area contributed by atoms with Crippen molar-refractivity contribution in [2.45, 2.75) is 75.4 Å². The van der Waals surface area contributed by atoms with Crippen molar-refractivity contribution in [3.63, 3.8) is 0 Å². The van der Waals surface area contributed by atoms with Crippen molar-refractivity contribution in [1.82, 2.24) is 14.8 Å². The van der Waals surface area contributed by atoms with E-state index in [1.807, 2.05) is 13.8 Å². The Morgan fingerprint density at radius 2 is 2.25 bits per heavy atom. The first-order chi connectivity index (χ1) is 9.52. The van der Waals surface area contributed by atoms with Gasteiger partial charge in [-0.05, 0) is 39.0 Å². The lowest BCUT2D eigenvalue weighted by molar-refractivity contribution is 0.316. The topological polar surface area (TPSA) is 76.7 Å². The van der Waals surface area contributed by atoms with E-state index in [4.69, 9.17) is 5.73 Å². The summed E-state index contributed by atoms with van der Waals surface area (Å²) in [6.07, 6.45) is 5.97. The van der Waals surface area contributed by atoms with Crippen LogP contribution in [0.25, 0.3) is 0 Å². The van der Waals surface area contributed by atoms with Gasteiger partial charge >= 0.3 is 5.69 Å². The Labute approximate surface area is 124 Å². The second kappa shape index (κ2) is 6.80. The van der Waals surface area contributed by atoms with Gasteiger partial charge < -0.3 is 5.73 Å². The molecule has 1 aromatic rings. The highest BCUT2D eigenvalue weighted by atomic mass is 32.2. The predicted octanol–water partition coefficient (Wildman–Crippen LogP) is 2.54. The number of hydrogen-bond acceptors (Lipinski definition) is 4. The minimum atomic E-state index is -0.128. The van der Waals surface area contributed by atoms with E-state index in [1.54, 1.807) is 16.3 Å². The Morgan fingerprint density at radius 1 is 1.50 bits per heavy atom. The summed E-state index contributed by atoms with van der Waals surface area (Å²) < 4.78 is 1.72. The molecule has 0 aliphatic heterocycles. The Hall–Kier alpha value is -0.750. The normalized spacial score (nSPS) is 27.1. The molecule has 0 saturated heterocycles. The lowest BCUT2D eigenvalue weighted by Crippen LogP contribution is -2.38. The van der Waals surface area contributed by atoms with E-state index in [-0.39, 0.29) is 17.8 Å². The fourth-order valence-corrected chi connectivity index (χ4v) is 4.46. The molecule has 5 nitrogen and oxygen atoms in total. The molecule has 0 aromatic carbocycles. The van der Waals surface area contributed by atoms with Crippen molar-refractivity contribution in [3.8, 4) is 0 Å². The number of thioether (sulfide) groups is 1. The summed E-state index contributed by atoms with van der Waals surface area (Å²) in [5.41, 5.74) is 6.14. The van der Waals surface area contributed by atoms with E-state index >= 15 is 0 Å². The molecule has 6 heteroatoms. The van der Waals surface area contributed by atoms with Gasteiger partial charge in [0.2, 0.25) is 0 Å². The number of aromatic nitrogens is 3. The minimum absolute atomic E-state index is 0.120. The first kappa shape index (κ1) is 15.6. The van der Waals surface area contributed by atoms with Gasteiger partial charge in [-0.3, -0.25) is 4.57 Å². The summed E-state index contributed by atoms with van der Waals surface area (Å²) in [5.74, 6) is 0.774. The van der Waals surface area contributed by atoms with Gasteiger partial charge in [-0.15, -0.1) is 5.10 Å². The number of rotatable bonds is 5. The van der Waals surface area contributed by atoms with Crippen LogP contribution >= 0.6 is 11.8 Å². The summed E-state index contributed by atoms with van der Waals surface area (Å²) in [7, 11) is 0. The quantitative estimate of drug-likeness (QED) is 0.876. The standard InChI is InChI=1S/C14H26N4OS/c1-4-5-10-6-7-11(15)12(8-10)20-14-17-16-13(19)18(14)9(2)3/h9-12H,4-8,15H2,1-3H3,(H,16,19). The van der Waals surface area contributed by atoms with Crippen LogP contribution in [-0.4, -0.2) is 26.1 Å². The number of nitrogens with zero attached hydrogens (tertiary/aromatic N) is 2. The van der Waals surface area contributed by atoms with Crippen molar-refractivity contribution >= 4 is 11.8 Å². The van der Waals surface area contributed by atoms with Gasteiger partial charge in [0.1, 0.15) is 0 Å². The number of H-pyrrole nitrogens is 1. The van der Waals surface area contributed by atoms with Crippen molar-refractivity contribution < 1.29 is 0 Å². The van der Waals surface area contributed by atoms with E-state index in [1.165, 1.54) is 19.3 Å². The van der Waals surface area contributed by atoms with Crippen LogP contribution in [0.3, 0.4) is 0 Å². The van der Waals surface area contributed by atoms with E-state index in [2.05, 4.69) is 17.1 Å². The van der Waals surface area contributed by atoms with Crippen molar-refractivity contribution in [1.29, 1.82) is 0 Å². The zero-order valence-electron chi connectivity index (χ0n) is 12.6. The molecule has 0 radical (unpaired) electrons. The Balaban J connectivity index is 2.10. The SMILES string of the molecule is CCCC1CCC(N)C(Sc2n[nH]c(=O)n2C(C)C)C1. The summed E-state index contributed by atoms with van der Waals surface area (Å²) in [6, 6.07) is 0.329. The maximum absolute atomic E-state index is 11.8. The van der Waals surface area contributed by atoms with Gasteiger partial charge in [-0.25, -0.2) is 9.89 Å². The molecule has 3 N–H and O–H groups in total. The zero-order chi connectivity index (χ0) is 14.7. The van der Waals surface area contributed by atoms with Crippen LogP contribution in [0, 0.1) is 5.92 Å². The number of aromatic amines is 1. The largest absolute Gasteiger partial charge is 0.344 e. The summed E-state index contributed by atoms with van der Waals surface area (Å²) >= 11 is 1.67. The molecule has 0 spiro atoms. The van der Waals surface area contributed by atoms with E-state index in [0.717, 1.165) is 23.9 Å². The minimum Gasteiger partial charge on any atom is -0.327 e. The van der Waals surface area contributed by atoms with Crippen molar-refractivity contribution in [3.05, 3.63) is 10.5 Å². The average Bonchev–Trinajstić information content (AvgIpc) is 2.75. The third-order valence-corrected chi connectivity index (χ3v) is 5.44. The molecule has 3 unspecified atom stereocenters. The molecule has 2 rings (SSSR count). The molecule has 1 saturated carbocycles. The van der Waals surface area contributed by atoms with E-state index in [0.29, 0.717) is 5.25 Å². The molecule has 20 heavy (non-hydrogen) atoms. The van der Waals surface area contributed by atoms with Crippen molar-refractivity contribution in [2.24, 2.45) is 11.7 Å². The molecule has 0 amide bonds. The van der Waals surface area contributed by atoms with Crippen LogP contribution in [0.4, 0.5) is 0 Å². The molecule has 3 atom stereocenters. The lowest BCUT2D eigenvalue weighted by atomic mass is 9.83. The molecular formula is C14H26N4OS. The van der Waals surface area contributed by atoms with E-state index in [9.17, 15) is 4.79 Å². The maximum Gasteiger partial charge on any atom is 0.344 e. The molecule has 114 valence electrons. The molecular weight excluding hydrogens is 272 g/mol. The van der Waals surface area contributed by atoms with E-state index < -0.39 is 0 Å². The highest BCUT2D eigenvalue weighted by molar-refractivity contribution is 7.99. The fraction of sp³-hybridized carbons (Fsp3) is 0.857. The molecule has 1 aromatic heterocycles. The Morgan fingerprint density at radius 3 is 2.90 bits per heavy atom. The summed E-state index contributed by atoms with van der Waals surface area (Å²) in [4.78, 5) is 11.8. The third-order valence-electron chi connectivity index (χ3n) is 4.09. The molecule has 0 bridgehead atoms. The first-order valence-electron chi connectivity index (χ1n) is 7.62. The highest BCUT2D eigenvalue weighted by Gasteiger charge is 2.30. The zero-order valence-corrected chi connectivity index (χ0v) is 13.4. The Kier molecular flexibility index (Phi) is 5.32. The summed E-state index contributed by atoms with van der Waals surface area (Å²) in [6.45, 7) is 6.24. The molecule has 1 heterocycles. The smallest absolute Gasteiger partial charge is 0.327 e. The monoisotopic (exact) mass is 298 g/mol. The summed E-state index contributed by atoms with van der Waals surface area (Å²) in [5, 5.41) is 7.87. The van der Waals surface area contributed by atoms with Crippen LogP contribution < -0.4 is 11.4 Å². The van der Waals surface area contributed by atoms with Crippen LogP contribution in [-0.2, 0) is 0 Å². The van der Waals surface area contributed by atoms with Gasteiger partial charge in [0, 0.05) is 17.3 Å². The number of nitrogens with two attached hydrogens (primary N) is 1. The number of hydrogen-bond donors (Lipinski definition) is 2. The first-order valence-corrected chi connectivity index (χ1v) is 8.50. The van der Waals surface area contributed by atoms with Crippen LogP contribution in [0.15, 0.2) is 9.95 Å². The lowest BCUT2D eigenvalue weighted by Gasteiger charge is -2.33. The van der Waals surface area contributed by atoms with Gasteiger partial charge in [0.05, 0.1) is 0 Å². The molecule has 1 aliphatic carbocycles. The van der Waals surface area contributed by atoms with Crippen molar-refractivity contribution in [2.75, 3.05) is 0 Å². The van der Waals surface area contributed by atoms with Gasteiger partial charge in [-0.2, -0.15) is 0 Å². The van der Waals surface area contributed by atoms with Gasteiger partial charge in [-0.1, -0.05) is 31.5 Å². The average molecular weight is 298 g/mol. The van der Waals surface area contributed by atoms with Crippen LogP contribution in [0.2, 0.25) is 0 Å². The molecule has 1 aliphatic rings. The predicted molar refractivity (Wildman–Crippen MR) is 83.1 cm³/mol. The Bertz CT molecular complexity index is 482. The maximum atomic E-state index is 11.8. The third kappa shape index (κ3) is 3.47. The molecule has 1 fully saturated rings. The van der Waals surface area contributed by atoms with Gasteiger partial charge in [0.25, 0.3) is 0 Å². The van der Waals surface area contributed by atoms with Gasteiger partial charge in [0.15, 0.2) is 5.16 Å². The van der Waals surface area contributed by atoms with Crippen LogP contribution in [0.5, 0.6) is 0 Å². The fourth-order valence-electron chi connectivity index (χ4n) is 3.01. The highest BCUT2D eigenvalue weighted by Crippen LogP contribution is 2.36. The second-order valence-electron chi connectivity index (χ2n) is 6.06.